The van der Waals surface area contributed by atoms with Crippen LogP contribution in [0.15, 0.2) is 59.5 Å². The van der Waals surface area contributed by atoms with E-state index >= 15 is 0 Å². The van der Waals surface area contributed by atoms with Gasteiger partial charge in [0.15, 0.2) is 0 Å². The highest BCUT2D eigenvalue weighted by atomic mass is 16.6. The molecule has 1 aromatic carbocycles. The predicted molar refractivity (Wildman–Crippen MR) is 60.0 cm³/mol. The zero-order valence-electron chi connectivity index (χ0n) is 8.55. The average molecular weight is 214 g/mol. The van der Waals surface area contributed by atoms with E-state index in [1.807, 2.05) is 30.3 Å². The lowest BCUT2D eigenvalue weighted by Crippen LogP contribution is -2.01. The molecule has 0 aliphatic rings. The Morgan fingerprint density at radius 3 is 2.62 bits per heavy atom. The second-order valence-electron chi connectivity index (χ2n) is 3.11. The highest BCUT2D eigenvalue weighted by Gasteiger charge is 2.07. The quantitative estimate of drug-likeness (QED) is 0.582. The van der Waals surface area contributed by atoms with Gasteiger partial charge in [-0.25, -0.2) is 4.79 Å². The fourth-order valence-electron chi connectivity index (χ4n) is 1.27. The zero-order chi connectivity index (χ0) is 11.4. The molecule has 0 unspecified atom stereocenters. The molecule has 1 aromatic heterocycles. The van der Waals surface area contributed by atoms with Crippen LogP contribution in [-0.4, -0.2) is 5.97 Å². The van der Waals surface area contributed by atoms with Crippen LogP contribution in [0.1, 0.15) is 0 Å². The first-order valence-corrected chi connectivity index (χ1v) is 4.79. The summed E-state index contributed by atoms with van der Waals surface area (Å²) in [5.41, 5.74) is 0.934. The average Bonchev–Trinajstić information content (AvgIpc) is 2.78. The Hall–Kier alpha value is -2.29. The first kappa shape index (κ1) is 10.2. The van der Waals surface area contributed by atoms with Crippen molar-refractivity contribution >= 4 is 5.97 Å². The minimum absolute atomic E-state index is 0.170. The maximum atomic E-state index is 10.9. The normalized spacial score (nSPS) is 9.75. The van der Waals surface area contributed by atoms with Gasteiger partial charge in [0.05, 0.1) is 0 Å². The highest BCUT2D eigenvalue weighted by molar-refractivity contribution is 5.83. The zero-order valence-corrected chi connectivity index (χ0v) is 8.55. The molecule has 0 amide bonds. The van der Waals surface area contributed by atoms with Gasteiger partial charge in [-0.15, -0.1) is 0 Å². The van der Waals surface area contributed by atoms with E-state index in [1.54, 1.807) is 12.1 Å². The number of furan rings is 1. The van der Waals surface area contributed by atoms with Gasteiger partial charge in [-0.2, -0.15) is 0 Å². The third kappa shape index (κ3) is 2.20. The monoisotopic (exact) mass is 214 g/mol. The van der Waals surface area contributed by atoms with E-state index in [0.717, 1.165) is 11.6 Å². The molecule has 0 fully saturated rings. The molecular weight excluding hydrogens is 204 g/mol. The van der Waals surface area contributed by atoms with Crippen molar-refractivity contribution in [1.82, 2.24) is 0 Å². The van der Waals surface area contributed by atoms with Crippen molar-refractivity contribution in [2.24, 2.45) is 0 Å². The summed E-state index contributed by atoms with van der Waals surface area (Å²) in [7, 11) is 0. The third-order valence-electron chi connectivity index (χ3n) is 2.01. The standard InChI is InChI=1S/C13H10O3/c1-2-12(14)16-13-9-8-11(15-13)10-6-4-3-5-7-10/h2-9H,1H2. The summed E-state index contributed by atoms with van der Waals surface area (Å²) < 4.78 is 10.2. The summed E-state index contributed by atoms with van der Waals surface area (Å²) in [4.78, 5) is 10.9. The molecule has 0 bridgehead atoms. The number of ether oxygens (including phenoxy) is 1. The van der Waals surface area contributed by atoms with Crippen LogP contribution in [-0.2, 0) is 4.79 Å². The van der Waals surface area contributed by atoms with E-state index in [2.05, 4.69) is 6.58 Å². The molecule has 80 valence electrons. The van der Waals surface area contributed by atoms with Crippen molar-refractivity contribution in [3.05, 3.63) is 55.1 Å². The van der Waals surface area contributed by atoms with Crippen molar-refractivity contribution < 1.29 is 13.9 Å². The molecule has 0 aliphatic carbocycles. The van der Waals surface area contributed by atoms with E-state index in [9.17, 15) is 4.79 Å². The number of esters is 1. The van der Waals surface area contributed by atoms with Gasteiger partial charge in [-0.1, -0.05) is 36.9 Å². The second kappa shape index (κ2) is 4.49. The minimum Gasteiger partial charge on any atom is -0.425 e. The van der Waals surface area contributed by atoms with Gasteiger partial charge in [0.2, 0.25) is 0 Å². The van der Waals surface area contributed by atoms with E-state index in [-0.39, 0.29) is 5.95 Å². The first-order valence-electron chi connectivity index (χ1n) is 4.79. The maximum Gasteiger partial charge on any atom is 0.337 e. The Kier molecular flexibility index (Phi) is 2.87. The van der Waals surface area contributed by atoms with Gasteiger partial charge in [0.1, 0.15) is 5.76 Å². The van der Waals surface area contributed by atoms with Gasteiger partial charge in [-0.3, -0.25) is 0 Å². The lowest BCUT2D eigenvalue weighted by molar-refractivity contribution is -0.130. The molecule has 0 atom stereocenters. The molecule has 2 aromatic rings. The van der Waals surface area contributed by atoms with Crippen LogP contribution in [0.2, 0.25) is 0 Å². The Bertz CT molecular complexity index is 497. The molecule has 1 heterocycles. The van der Waals surface area contributed by atoms with E-state index in [0.29, 0.717) is 5.76 Å². The van der Waals surface area contributed by atoms with E-state index in [4.69, 9.17) is 9.15 Å². The predicted octanol–water partition coefficient (Wildman–Crippen LogP) is 3.04. The second-order valence-corrected chi connectivity index (χ2v) is 3.11. The van der Waals surface area contributed by atoms with Crippen molar-refractivity contribution in [3.8, 4) is 17.3 Å². The summed E-state index contributed by atoms with van der Waals surface area (Å²) in [6, 6.07) is 12.9. The number of carbonyl (C=O) groups excluding carboxylic acids is 1. The molecule has 0 saturated heterocycles. The highest BCUT2D eigenvalue weighted by Crippen LogP contribution is 2.25. The number of hydrogen-bond acceptors (Lipinski definition) is 3. The summed E-state index contributed by atoms with van der Waals surface area (Å²) in [6.45, 7) is 3.31. The Morgan fingerprint density at radius 2 is 1.94 bits per heavy atom. The molecule has 0 radical (unpaired) electrons. The van der Waals surface area contributed by atoms with Crippen LogP contribution >= 0.6 is 0 Å². The first-order chi connectivity index (χ1) is 7.79. The molecule has 0 saturated carbocycles. The molecule has 3 heteroatoms. The molecule has 0 spiro atoms. The van der Waals surface area contributed by atoms with Crippen molar-refractivity contribution in [2.75, 3.05) is 0 Å². The molecule has 0 N–H and O–H groups in total. The topological polar surface area (TPSA) is 39.4 Å². The number of benzene rings is 1. The van der Waals surface area contributed by atoms with Crippen molar-refractivity contribution in [1.29, 1.82) is 0 Å². The summed E-state index contributed by atoms with van der Waals surface area (Å²) in [5.74, 6) is 0.296. The van der Waals surface area contributed by atoms with Crippen LogP contribution in [0.4, 0.5) is 0 Å². The fourth-order valence-corrected chi connectivity index (χ4v) is 1.27. The molecule has 2 rings (SSSR count). The van der Waals surface area contributed by atoms with Crippen molar-refractivity contribution in [3.63, 3.8) is 0 Å². The van der Waals surface area contributed by atoms with Gasteiger partial charge in [0.25, 0.3) is 5.95 Å². The third-order valence-corrected chi connectivity index (χ3v) is 2.01. The van der Waals surface area contributed by atoms with Gasteiger partial charge in [0, 0.05) is 17.7 Å². The van der Waals surface area contributed by atoms with Crippen LogP contribution in [0.5, 0.6) is 5.95 Å². The summed E-state index contributed by atoms with van der Waals surface area (Å²) in [5, 5.41) is 0. The summed E-state index contributed by atoms with van der Waals surface area (Å²) >= 11 is 0. The minimum atomic E-state index is -0.533. The molecular formula is C13H10O3. The Morgan fingerprint density at radius 1 is 1.19 bits per heavy atom. The van der Waals surface area contributed by atoms with E-state index < -0.39 is 5.97 Å². The maximum absolute atomic E-state index is 10.9. The summed E-state index contributed by atoms with van der Waals surface area (Å²) in [6.07, 6.45) is 1.09. The van der Waals surface area contributed by atoms with E-state index in [1.165, 1.54) is 0 Å². The van der Waals surface area contributed by atoms with Crippen molar-refractivity contribution in [2.45, 2.75) is 0 Å². The van der Waals surface area contributed by atoms with Crippen LogP contribution in [0.25, 0.3) is 11.3 Å². The smallest absolute Gasteiger partial charge is 0.337 e. The number of hydrogen-bond donors (Lipinski definition) is 0. The van der Waals surface area contributed by atoms with Gasteiger partial charge in [-0.05, 0) is 6.07 Å². The van der Waals surface area contributed by atoms with Gasteiger partial charge < -0.3 is 9.15 Å². The molecule has 3 nitrogen and oxygen atoms in total. The fraction of sp³-hybridized carbons (Fsp3) is 0. The van der Waals surface area contributed by atoms with Crippen LogP contribution in [0, 0.1) is 0 Å². The number of carbonyl (C=O) groups is 1. The Balaban J connectivity index is 2.20. The van der Waals surface area contributed by atoms with Crippen LogP contribution < -0.4 is 4.74 Å². The SMILES string of the molecule is C=CC(=O)Oc1ccc(-c2ccccc2)o1. The Labute approximate surface area is 93.0 Å². The largest absolute Gasteiger partial charge is 0.425 e. The number of rotatable bonds is 3. The van der Waals surface area contributed by atoms with Crippen LogP contribution in [0.3, 0.4) is 0 Å². The lowest BCUT2D eigenvalue weighted by Gasteiger charge is -1.96. The molecule has 0 aliphatic heterocycles. The van der Waals surface area contributed by atoms with Gasteiger partial charge >= 0.3 is 5.97 Å². The lowest BCUT2D eigenvalue weighted by atomic mass is 10.2. The molecule has 16 heavy (non-hydrogen) atoms.